The molecule has 1 saturated heterocycles. The molecule has 196 valence electrons. The van der Waals surface area contributed by atoms with Crippen LogP contribution in [0.15, 0.2) is 47.1 Å². The summed E-state index contributed by atoms with van der Waals surface area (Å²) < 4.78 is 5.72. The number of pyridine rings is 1. The molecule has 13 heteroatoms. The lowest BCUT2D eigenvalue weighted by Gasteiger charge is -2.23. The second kappa shape index (κ2) is 11.1. The van der Waals surface area contributed by atoms with E-state index in [0.29, 0.717) is 42.1 Å². The van der Waals surface area contributed by atoms with Gasteiger partial charge in [0.15, 0.2) is 11.6 Å². The molecule has 4 N–H and O–H groups in total. The van der Waals surface area contributed by atoms with Gasteiger partial charge in [-0.05, 0) is 31.9 Å². The highest BCUT2D eigenvalue weighted by Gasteiger charge is 2.32. The fraction of sp³-hybridized carbons (Fsp3) is 0.320. The van der Waals surface area contributed by atoms with E-state index in [1.165, 1.54) is 6.92 Å². The van der Waals surface area contributed by atoms with Gasteiger partial charge in [0.25, 0.3) is 5.91 Å². The Morgan fingerprint density at radius 1 is 1.11 bits per heavy atom. The fourth-order valence-electron chi connectivity index (χ4n) is 4.24. The van der Waals surface area contributed by atoms with Crippen molar-refractivity contribution in [2.24, 2.45) is 0 Å². The van der Waals surface area contributed by atoms with Crippen LogP contribution in [0.25, 0.3) is 11.4 Å². The Labute approximate surface area is 218 Å². The van der Waals surface area contributed by atoms with Gasteiger partial charge in [-0.25, -0.2) is 4.98 Å². The van der Waals surface area contributed by atoms with Crippen molar-refractivity contribution in [1.82, 2.24) is 40.9 Å². The molecule has 1 atom stereocenters. The first-order chi connectivity index (χ1) is 18.5. The van der Waals surface area contributed by atoms with E-state index in [1.807, 2.05) is 42.2 Å². The molecule has 4 aromatic heterocycles. The lowest BCUT2D eigenvalue weighted by molar-refractivity contribution is -0.118. The molecule has 0 aliphatic carbocycles. The van der Waals surface area contributed by atoms with E-state index >= 15 is 0 Å². The fourth-order valence-corrected chi connectivity index (χ4v) is 4.24. The van der Waals surface area contributed by atoms with E-state index in [9.17, 15) is 9.59 Å². The lowest BCUT2D eigenvalue weighted by Crippen LogP contribution is -2.34. The van der Waals surface area contributed by atoms with Crippen LogP contribution in [0, 0.1) is 6.92 Å². The molecule has 0 aromatic carbocycles. The van der Waals surface area contributed by atoms with Gasteiger partial charge in [-0.1, -0.05) is 11.2 Å². The number of H-pyrrole nitrogens is 1. The standard InChI is InChI=1S/C25H28N10O3/c1-15-12-23(33-32-15)30-22-14-19(24(37)28-10-9-26-16(2)36)29-25(31-22)35-11-5-7-20(35)21-13-18(34-38-21)17-6-3-4-8-27-17/h3-4,6,8,12-14,20H,5,7,9-11H2,1-2H3,(H,26,36)(H,28,37)(H2,29,30,31,32,33)/t20-/m0/s1. The van der Waals surface area contributed by atoms with Crippen LogP contribution >= 0.6 is 0 Å². The average Bonchev–Trinajstić information content (AvgIpc) is 3.67. The van der Waals surface area contributed by atoms with Crippen LogP contribution in [0.3, 0.4) is 0 Å². The highest BCUT2D eigenvalue weighted by Crippen LogP contribution is 2.36. The van der Waals surface area contributed by atoms with Crippen molar-refractivity contribution in [3.8, 4) is 11.4 Å². The number of hydrogen-bond donors (Lipinski definition) is 4. The van der Waals surface area contributed by atoms with Crippen LogP contribution in [0.1, 0.15) is 47.7 Å². The Hall–Kier alpha value is -4.81. The van der Waals surface area contributed by atoms with Crippen LogP contribution in [-0.4, -0.2) is 61.8 Å². The zero-order valence-electron chi connectivity index (χ0n) is 21.1. The van der Waals surface area contributed by atoms with E-state index in [1.54, 1.807) is 12.3 Å². The molecular weight excluding hydrogens is 488 g/mol. The van der Waals surface area contributed by atoms with Crippen molar-refractivity contribution in [2.45, 2.75) is 32.7 Å². The monoisotopic (exact) mass is 516 g/mol. The minimum atomic E-state index is -0.381. The average molecular weight is 517 g/mol. The number of carbonyl (C=O) groups is 2. The van der Waals surface area contributed by atoms with Gasteiger partial charge in [0, 0.05) is 56.6 Å². The quantitative estimate of drug-likeness (QED) is 0.243. The highest BCUT2D eigenvalue weighted by atomic mass is 16.5. The molecule has 5 heterocycles. The first kappa shape index (κ1) is 24.9. The van der Waals surface area contributed by atoms with E-state index in [-0.39, 0.29) is 30.1 Å². The maximum atomic E-state index is 13.0. The SMILES string of the molecule is CC(=O)NCCNC(=O)c1cc(Nc2cc(C)[nH]n2)nc(N2CCC[C@H]2c2cc(-c3ccccn3)no2)n1. The van der Waals surface area contributed by atoms with Gasteiger partial charge in [-0.15, -0.1) is 0 Å². The summed E-state index contributed by atoms with van der Waals surface area (Å²) in [5.41, 5.74) is 2.44. The van der Waals surface area contributed by atoms with E-state index < -0.39 is 0 Å². The number of rotatable bonds is 9. The molecule has 0 bridgehead atoms. The zero-order valence-corrected chi connectivity index (χ0v) is 21.1. The van der Waals surface area contributed by atoms with Gasteiger partial charge in [0.1, 0.15) is 17.2 Å². The van der Waals surface area contributed by atoms with Gasteiger partial charge in [-0.2, -0.15) is 10.1 Å². The number of hydrogen-bond acceptors (Lipinski definition) is 10. The van der Waals surface area contributed by atoms with Crippen molar-refractivity contribution in [1.29, 1.82) is 0 Å². The smallest absolute Gasteiger partial charge is 0.270 e. The largest absolute Gasteiger partial charge is 0.358 e. The molecule has 5 rings (SSSR count). The van der Waals surface area contributed by atoms with Gasteiger partial charge in [0.2, 0.25) is 11.9 Å². The highest BCUT2D eigenvalue weighted by molar-refractivity contribution is 5.93. The van der Waals surface area contributed by atoms with Gasteiger partial charge < -0.3 is 25.4 Å². The molecule has 38 heavy (non-hydrogen) atoms. The Morgan fingerprint density at radius 3 is 2.74 bits per heavy atom. The number of aryl methyl sites for hydroxylation is 1. The zero-order chi connectivity index (χ0) is 26.5. The third kappa shape index (κ3) is 5.77. The van der Waals surface area contributed by atoms with Crippen LogP contribution in [-0.2, 0) is 4.79 Å². The summed E-state index contributed by atoms with van der Waals surface area (Å²) in [6.45, 7) is 4.57. The van der Waals surface area contributed by atoms with Crippen molar-refractivity contribution in [3.05, 3.63) is 59.7 Å². The molecule has 1 aliphatic heterocycles. The second-order valence-corrected chi connectivity index (χ2v) is 8.92. The summed E-state index contributed by atoms with van der Waals surface area (Å²) in [6.07, 6.45) is 3.41. The summed E-state index contributed by atoms with van der Waals surface area (Å²) in [5, 5.41) is 19.9. The molecule has 0 saturated carbocycles. The third-order valence-corrected chi connectivity index (χ3v) is 5.99. The van der Waals surface area contributed by atoms with Crippen molar-refractivity contribution < 1.29 is 14.1 Å². The molecule has 2 amide bonds. The number of carbonyl (C=O) groups excluding carboxylic acids is 2. The lowest BCUT2D eigenvalue weighted by atomic mass is 10.1. The maximum absolute atomic E-state index is 13.0. The summed E-state index contributed by atoms with van der Waals surface area (Å²) >= 11 is 0. The number of nitrogens with one attached hydrogen (secondary N) is 4. The number of nitrogens with zero attached hydrogens (tertiary/aromatic N) is 6. The van der Waals surface area contributed by atoms with E-state index in [0.717, 1.165) is 24.2 Å². The molecule has 1 fully saturated rings. The Balaban J connectivity index is 1.41. The van der Waals surface area contributed by atoms with E-state index in [2.05, 4.69) is 41.3 Å². The Bertz CT molecular complexity index is 1420. The summed E-state index contributed by atoms with van der Waals surface area (Å²) in [7, 11) is 0. The predicted molar refractivity (Wildman–Crippen MR) is 139 cm³/mol. The number of anilines is 3. The Morgan fingerprint density at radius 2 is 1.97 bits per heavy atom. The van der Waals surface area contributed by atoms with Crippen LogP contribution in [0.2, 0.25) is 0 Å². The van der Waals surface area contributed by atoms with Gasteiger partial charge in [-0.3, -0.25) is 19.7 Å². The summed E-state index contributed by atoms with van der Waals surface area (Å²) in [5.74, 6) is 1.50. The minimum absolute atomic E-state index is 0.154. The number of aromatic amines is 1. The second-order valence-electron chi connectivity index (χ2n) is 8.92. The number of amides is 2. The summed E-state index contributed by atoms with van der Waals surface area (Å²) in [6, 6.07) is 10.8. The predicted octanol–water partition coefficient (Wildman–Crippen LogP) is 2.51. The number of aromatic nitrogens is 6. The normalized spacial score (nSPS) is 14.9. The van der Waals surface area contributed by atoms with Crippen molar-refractivity contribution in [3.63, 3.8) is 0 Å². The topological polar surface area (TPSA) is 167 Å². The summed E-state index contributed by atoms with van der Waals surface area (Å²) in [4.78, 5) is 39.7. The van der Waals surface area contributed by atoms with Crippen LogP contribution in [0.5, 0.6) is 0 Å². The minimum Gasteiger partial charge on any atom is -0.358 e. The van der Waals surface area contributed by atoms with Crippen LogP contribution in [0.4, 0.5) is 17.6 Å². The molecule has 13 nitrogen and oxygen atoms in total. The van der Waals surface area contributed by atoms with E-state index in [4.69, 9.17) is 9.51 Å². The molecule has 0 radical (unpaired) electrons. The third-order valence-electron chi connectivity index (χ3n) is 5.99. The molecule has 1 aliphatic rings. The molecule has 0 unspecified atom stereocenters. The maximum Gasteiger partial charge on any atom is 0.270 e. The van der Waals surface area contributed by atoms with Crippen LogP contribution < -0.4 is 20.9 Å². The van der Waals surface area contributed by atoms with Gasteiger partial charge >= 0.3 is 0 Å². The van der Waals surface area contributed by atoms with Crippen molar-refractivity contribution >= 4 is 29.4 Å². The molecule has 4 aromatic rings. The van der Waals surface area contributed by atoms with Crippen molar-refractivity contribution in [2.75, 3.05) is 29.9 Å². The molecular formula is C25H28N10O3. The first-order valence-electron chi connectivity index (χ1n) is 12.3. The first-order valence-corrected chi connectivity index (χ1v) is 12.3. The molecule has 0 spiro atoms. The van der Waals surface area contributed by atoms with Gasteiger partial charge in [0.05, 0.1) is 11.7 Å². The Kier molecular flexibility index (Phi) is 7.24.